The lowest BCUT2D eigenvalue weighted by molar-refractivity contribution is 0.416. The van der Waals surface area contributed by atoms with Gasteiger partial charge in [0, 0.05) is 10.3 Å². The van der Waals surface area contributed by atoms with Gasteiger partial charge in [0.15, 0.2) is 0 Å². The predicted octanol–water partition coefficient (Wildman–Crippen LogP) is 5.37. The molecule has 1 aromatic heterocycles. The van der Waals surface area contributed by atoms with Crippen molar-refractivity contribution in [1.82, 2.24) is 0 Å². The van der Waals surface area contributed by atoms with Gasteiger partial charge in [-0.1, -0.05) is 48.0 Å². The van der Waals surface area contributed by atoms with Gasteiger partial charge in [-0.3, -0.25) is 0 Å². The third-order valence-electron chi connectivity index (χ3n) is 3.35. The Morgan fingerprint density at radius 1 is 1.21 bits per heavy atom. The average Bonchev–Trinajstić information content (AvgIpc) is 2.94. The molecule has 2 aromatic rings. The van der Waals surface area contributed by atoms with Crippen molar-refractivity contribution in [1.29, 1.82) is 0 Å². The van der Waals surface area contributed by atoms with Crippen molar-refractivity contribution in [3.05, 3.63) is 51.2 Å². The van der Waals surface area contributed by atoms with Crippen molar-refractivity contribution in [3.63, 3.8) is 0 Å². The Morgan fingerprint density at radius 3 is 2.58 bits per heavy atom. The first-order chi connectivity index (χ1) is 9.19. The molecule has 0 aliphatic rings. The summed E-state index contributed by atoms with van der Waals surface area (Å²) >= 11 is 5.58. The molecule has 0 bridgehead atoms. The van der Waals surface area contributed by atoms with Crippen LogP contribution in [-0.4, -0.2) is 7.11 Å². The number of hydrogen-bond acceptors (Lipinski definition) is 2. The van der Waals surface area contributed by atoms with Gasteiger partial charge in [-0.05, 0) is 35.6 Å². The van der Waals surface area contributed by atoms with Crippen molar-refractivity contribution in [2.24, 2.45) is 0 Å². The summed E-state index contributed by atoms with van der Waals surface area (Å²) in [5.41, 5.74) is 4.18. The minimum Gasteiger partial charge on any atom is -0.496 e. The first-order valence-electron chi connectivity index (χ1n) is 6.57. The number of ether oxygens (including phenoxy) is 1. The molecule has 0 fully saturated rings. The molecule has 102 valence electrons. The normalized spacial score (nSPS) is 12.4. The van der Waals surface area contributed by atoms with E-state index in [0.717, 1.165) is 18.6 Å². The van der Waals surface area contributed by atoms with E-state index in [1.54, 1.807) is 18.4 Å². The molecule has 1 aromatic carbocycles. The second-order valence-electron chi connectivity index (χ2n) is 4.49. The fourth-order valence-corrected chi connectivity index (χ4v) is 3.88. The number of hydrogen-bond donors (Lipinski definition) is 0. The van der Waals surface area contributed by atoms with Crippen LogP contribution in [0.1, 0.15) is 40.2 Å². The van der Waals surface area contributed by atoms with Crippen molar-refractivity contribution in [2.45, 2.75) is 31.5 Å². The van der Waals surface area contributed by atoms with Crippen LogP contribution in [-0.2, 0) is 12.8 Å². The van der Waals surface area contributed by atoms with E-state index in [0.29, 0.717) is 0 Å². The molecule has 0 amide bonds. The lowest BCUT2D eigenvalue weighted by Gasteiger charge is -2.14. The fraction of sp³-hybridized carbons (Fsp3) is 0.375. The van der Waals surface area contributed by atoms with Crippen LogP contribution < -0.4 is 4.74 Å². The van der Waals surface area contributed by atoms with Crippen LogP contribution in [0.25, 0.3) is 0 Å². The minimum atomic E-state index is 0.253. The van der Waals surface area contributed by atoms with Crippen molar-refractivity contribution < 1.29 is 4.74 Å². The molecule has 0 saturated carbocycles. The van der Waals surface area contributed by atoms with Crippen molar-refractivity contribution in [2.75, 3.05) is 7.11 Å². The SMILES string of the molecule is CCc1ccc(CC)c(C(Br)c2cc(OC)cs2)c1. The first-order valence-corrected chi connectivity index (χ1v) is 8.37. The molecule has 3 heteroatoms. The van der Waals surface area contributed by atoms with E-state index in [2.05, 4.69) is 59.4 Å². The van der Waals surface area contributed by atoms with Gasteiger partial charge in [-0.15, -0.1) is 11.3 Å². The summed E-state index contributed by atoms with van der Waals surface area (Å²) in [6.45, 7) is 4.40. The topological polar surface area (TPSA) is 9.23 Å². The highest BCUT2D eigenvalue weighted by Gasteiger charge is 2.16. The molecule has 0 aliphatic heterocycles. The van der Waals surface area contributed by atoms with E-state index >= 15 is 0 Å². The van der Waals surface area contributed by atoms with Crippen LogP contribution >= 0.6 is 27.3 Å². The van der Waals surface area contributed by atoms with E-state index in [4.69, 9.17) is 4.74 Å². The molecule has 0 saturated heterocycles. The highest BCUT2D eigenvalue weighted by Crippen LogP contribution is 2.38. The highest BCUT2D eigenvalue weighted by atomic mass is 79.9. The number of thiophene rings is 1. The monoisotopic (exact) mass is 338 g/mol. The Balaban J connectivity index is 2.38. The second kappa shape index (κ2) is 6.58. The quantitative estimate of drug-likeness (QED) is 0.666. The van der Waals surface area contributed by atoms with Gasteiger partial charge in [0.2, 0.25) is 0 Å². The first kappa shape index (κ1) is 14.6. The molecule has 1 heterocycles. The average molecular weight is 339 g/mol. The summed E-state index contributed by atoms with van der Waals surface area (Å²) in [6, 6.07) is 8.93. The van der Waals surface area contributed by atoms with Crippen LogP contribution in [0, 0.1) is 0 Å². The Labute approximate surface area is 127 Å². The standard InChI is InChI=1S/C16H19BrOS/c1-4-11-6-7-12(5-2)14(8-11)16(17)15-9-13(18-3)10-19-15/h6-10,16H,4-5H2,1-3H3. The molecule has 0 aliphatic carbocycles. The molecule has 2 rings (SSSR count). The van der Waals surface area contributed by atoms with E-state index in [1.165, 1.54) is 21.6 Å². The minimum absolute atomic E-state index is 0.253. The molecule has 0 N–H and O–H groups in total. The van der Waals surface area contributed by atoms with Crippen molar-refractivity contribution in [3.8, 4) is 5.75 Å². The summed E-state index contributed by atoms with van der Waals surface area (Å²) in [5.74, 6) is 0.939. The zero-order valence-corrected chi connectivity index (χ0v) is 14.0. The molecular formula is C16H19BrOS. The number of methoxy groups -OCH3 is 1. The molecule has 0 spiro atoms. The smallest absolute Gasteiger partial charge is 0.129 e. The summed E-state index contributed by atoms with van der Waals surface area (Å²) in [6.07, 6.45) is 2.13. The zero-order chi connectivity index (χ0) is 13.8. The molecular weight excluding hydrogens is 320 g/mol. The predicted molar refractivity (Wildman–Crippen MR) is 86.8 cm³/mol. The number of benzene rings is 1. The van der Waals surface area contributed by atoms with Gasteiger partial charge in [0.1, 0.15) is 5.75 Å². The maximum Gasteiger partial charge on any atom is 0.129 e. The van der Waals surface area contributed by atoms with Gasteiger partial charge in [-0.25, -0.2) is 0 Å². The lowest BCUT2D eigenvalue weighted by Crippen LogP contribution is -1.98. The molecule has 1 nitrogen and oxygen atoms in total. The Hall–Kier alpha value is -0.800. The van der Waals surface area contributed by atoms with Crippen LogP contribution in [0.15, 0.2) is 29.6 Å². The van der Waals surface area contributed by atoms with Crippen LogP contribution in [0.5, 0.6) is 5.75 Å². The van der Waals surface area contributed by atoms with Gasteiger partial charge in [-0.2, -0.15) is 0 Å². The maximum absolute atomic E-state index is 5.27. The largest absolute Gasteiger partial charge is 0.496 e. The van der Waals surface area contributed by atoms with E-state index in [-0.39, 0.29) is 4.83 Å². The van der Waals surface area contributed by atoms with Crippen LogP contribution in [0.4, 0.5) is 0 Å². The summed E-state index contributed by atoms with van der Waals surface area (Å²) in [5, 5.41) is 2.05. The fourth-order valence-electron chi connectivity index (χ4n) is 2.15. The summed E-state index contributed by atoms with van der Waals surface area (Å²) in [4.78, 5) is 1.54. The Bertz CT molecular complexity index is 547. The second-order valence-corrected chi connectivity index (χ2v) is 6.35. The summed E-state index contributed by atoms with van der Waals surface area (Å²) < 4.78 is 5.27. The van der Waals surface area contributed by atoms with Crippen LogP contribution in [0.2, 0.25) is 0 Å². The van der Waals surface area contributed by atoms with Gasteiger partial charge in [0.25, 0.3) is 0 Å². The zero-order valence-electron chi connectivity index (χ0n) is 11.6. The van der Waals surface area contributed by atoms with E-state index in [9.17, 15) is 0 Å². The number of alkyl halides is 1. The highest BCUT2D eigenvalue weighted by molar-refractivity contribution is 9.09. The maximum atomic E-state index is 5.27. The molecule has 1 unspecified atom stereocenters. The van der Waals surface area contributed by atoms with Gasteiger partial charge in [0.05, 0.1) is 11.9 Å². The van der Waals surface area contributed by atoms with E-state index in [1.807, 2.05) is 0 Å². The van der Waals surface area contributed by atoms with E-state index < -0.39 is 0 Å². The van der Waals surface area contributed by atoms with Crippen LogP contribution in [0.3, 0.4) is 0 Å². The van der Waals surface area contributed by atoms with Gasteiger partial charge >= 0.3 is 0 Å². The number of halogens is 1. The Morgan fingerprint density at radius 2 is 2.00 bits per heavy atom. The molecule has 0 radical (unpaired) electrons. The van der Waals surface area contributed by atoms with Crippen molar-refractivity contribution >= 4 is 27.3 Å². The molecule has 1 atom stereocenters. The lowest BCUT2D eigenvalue weighted by atomic mass is 9.98. The number of aryl methyl sites for hydroxylation is 2. The third kappa shape index (κ3) is 3.21. The number of rotatable bonds is 5. The Kier molecular flexibility index (Phi) is 5.06. The third-order valence-corrected chi connectivity index (χ3v) is 5.62. The van der Waals surface area contributed by atoms with Gasteiger partial charge < -0.3 is 4.74 Å². The molecule has 19 heavy (non-hydrogen) atoms. The summed E-state index contributed by atoms with van der Waals surface area (Å²) in [7, 11) is 1.71.